The van der Waals surface area contributed by atoms with Gasteiger partial charge in [0.25, 0.3) is 0 Å². The molecule has 1 unspecified atom stereocenters. The number of piperidine rings is 1. The van der Waals surface area contributed by atoms with Crippen LogP contribution in [0.4, 0.5) is 5.69 Å². The number of nitrogens with zero attached hydrogens (tertiary/aromatic N) is 1. The summed E-state index contributed by atoms with van der Waals surface area (Å²) in [6.45, 7) is 5.28. The normalized spacial score (nSPS) is 16.9. The van der Waals surface area contributed by atoms with Gasteiger partial charge in [0.05, 0.1) is 0 Å². The number of fused-ring (bicyclic) bond motifs is 1. The van der Waals surface area contributed by atoms with Crippen LogP contribution in [-0.4, -0.2) is 40.0 Å². The Kier molecular flexibility index (Phi) is 5.08. The van der Waals surface area contributed by atoms with E-state index in [9.17, 15) is 14.7 Å². The number of anilines is 1. The summed E-state index contributed by atoms with van der Waals surface area (Å²) in [7, 11) is 0. The number of aliphatic carboxylic acids is 1. The van der Waals surface area contributed by atoms with E-state index in [0.717, 1.165) is 48.8 Å². The molecule has 6 heteroatoms. The number of rotatable bonds is 5. The van der Waals surface area contributed by atoms with Gasteiger partial charge in [-0.2, -0.15) is 0 Å². The molecule has 2 heterocycles. The highest BCUT2D eigenvalue weighted by atomic mass is 16.4. The number of carboxylic acids is 1. The second-order valence-corrected chi connectivity index (χ2v) is 6.99. The zero-order chi connectivity index (χ0) is 18.0. The van der Waals surface area contributed by atoms with Crippen LogP contribution in [0.3, 0.4) is 0 Å². The summed E-state index contributed by atoms with van der Waals surface area (Å²) >= 11 is 0. The van der Waals surface area contributed by atoms with Crippen LogP contribution in [-0.2, 0) is 9.59 Å². The molecule has 1 aliphatic rings. The molecule has 3 N–H and O–H groups in total. The lowest BCUT2D eigenvalue weighted by atomic mass is 10.0. The van der Waals surface area contributed by atoms with Crippen LogP contribution < -0.4 is 5.32 Å². The van der Waals surface area contributed by atoms with E-state index in [1.807, 2.05) is 36.9 Å². The van der Waals surface area contributed by atoms with Gasteiger partial charge in [0.15, 0.2) is 0 Å². The van der Waals surface area contributed by atoms with Crippen LogP contribution in [0.1, 0.15) is 44.7 Å². The second kappa shape index (κ2) is 7.27. The fraction of sp³-hybridized carbons (Fsp3) is 0.474. The van der Waals surface area contributed by atoms with Gasteiger partial charge in [-0.1, -0.05) is 20.3 Å². The van der Waals surface area contributed by atoms with Crippen LogP contribution in [0, 0.1) is 5.92 Å². The van der Waals surface area contributed by atoms with Crippen LogP contribution in [0.25, 0.3) is 10.9 Å². The number of benzene rings is 1. The van der Waals surface area contributed by atoms with E-state index in [1.54, 1.807) is 6.20 Å². The molecular weight excluding hydrogens is 318 g/mol. The Balaban J connectivity index is 1.96. The molecule has 1 aromatic heterocycles. The Morgan fingerprint density at radius 1 is 1.20 bits per heavy atom. The predicted molar refractivity (Wildman–Crippen MR) is 97.6 cm³/mol. The number of likely N-dealkylation sites (tertiary alicyclic amines) is 1. The number of carbonyl (C=O) groups excluding carboxylic acids is 1. The number of carboxylic acid groups (broad SMARTS) is 1. The predicted octanol–water partition coefficient (Wildman–Crippen LogP) is 3.37. The molecule has 25 heavy (non-hydrogen) atoms. The molecule has 0 aliphatic carbocycles. The van der Waals surface area contributed by atoms with Crippen LogP contribution in [0.5, 0.6) is 0 Å². The molecule has 0 radical (unpaired) electrons. The van der Waals surface area contributed by atoms with Gasteiger partial charge in [-0.05, 0) is 44.1 Å². The van der Waals surface area contributed by atoms with Crippen molar-refractivity contribution in [2.45, 2.75) is 39.2 Å². The summed E-state index contributed by atoms with van der Waals surface area (Å²) in [5.41, 5.74) is 2.32. The summed E-state index contributed by atoms with van der Waals surface area (Å²) in [6.07, 6.45) is 5.00. The quantitative estimate of drug-likeness (QED) is 0.777. The van der Waals surface area contributed by atoms with Gasteiger partial charge in [-0.25, -0.2) is 0 Å². The summed E-state index contributed by atoms with van der Waals surface area (Å²) in [5, 5.41) is 13.6. The third-order valence-electron chi connectivity index (χ3n) is 4.79. The Bertz CT molecular complexity index is 775. The van der Waals surface area contributed by atoms with Crippen LogP contribution >= 0.6 is 0 Å². The van der Waals surface area contributed by atoms with E-state index < -0.39 is 12.0 Å². The highest BCUT2D eigenvalue weighted by Crippen LogP contribution is 2.32. The molecule has 3 rings (SSSR count). The first-order valence-electron chi connectivity index (χ1n) is 8.86. The molecule has 0 spiro atoms. The number of amides is 1. The van der Waals surface area contributed by atoms with Crippen molar-refractivity contribution in [2.75, 3.05) is 18.4 Å². The lowest BCUT2D eigenvalue weighted by molar-refractivity contribution is -0.144. The summed E-state index contributed by atoms with van der Waals surface area (Å²) in [6, 6.07) is 4.91. The molecular formula is C19H25N3O3. The van der Waals surface area contributed by atoms with Gasteiger partial charge in [0.2, 0.25) is 5.91 Å². The third-order valence-corrected chi connectivity index (χ3v) is 4.79. The molecule has 134 valence electrons. The third kappa shape index (κ3) is 3.69. The van der Waals surface area contributed by atoms with Crippen LogP contribution in [0.15, 0.2) is 24.4 Å². The molecule has 1 saturated heterocycles. The number of aromatic nitrogens is 1. The number of nitrogens with one attached hydrogen (secondary N) is 2. The smallest absolute Gasteiger partial charge is 0.325 e. The fourth-order valence-corrected chi connectivity index (χ4v) is 3.40. The van der Waals surface area contributed by atoms with Crippen molar-refractivity contribution in [3.63, 3.8) is 0 Å². The minimum atomic E-state index is -0.834. The van der Waals surface area contributed by atoms with Crippen molar-refractivity contribution < 1.29 is 14.7 Å². The molecule has 1 aliphatic heterocycles. The van der Waals surface area contributed by atoms with Gasteiger partial charge in [0, 0.05) is 34.3 Å². The maximum Gasteiger partial charge on any atom is 0.325 e. The minimum Gasteiger partial charge on any atom is -0.480 e. The molecule has 1 amide bonds. The molecule has 6 nitrogen and oxygen atoms in total. The van der Waals surface area contributed by atoms with Gasteiger partial charge in [-0.15, -0.1) is 0 Å². The van der Waals surface area contributed by atoms with Crippen molar-refractivity contribution in [2.24, 2.45) is 5.92 Å². The van der Waals surface area contributed by atoms with E-state index in [0.29, 0.717) is 5.69 Å². The maximum atomic E-state index is 12.0. The summed E-state index contributed by atoms with van der Waals surface area (Å²) < 4.78 is 0. The Morgan fingerprint density at radius 3 is 2.56 bits per heavy atom. The molecule has 1 fully saturated rings. The first kappa shape index (κ1) is 17.5. The average Bonchev–Trinajstić information content (AvgIpc) is 2.99. The number of carbonyl (C=O) groups is 2. The zero-order valence-corrected chi connectivity index (χ0v) is 14.7. The van der Waals surface area contributed by atoms with Gasteiger partial charge < -0.3 is 15.4 Å². The van der Waals surface area contributed by atoms with Crippen molar-refractivity contribution in [1.29, 1.82) is 0 Å². The number of aromatic amines is 1. The number of hydrogen-bond acceptors (Lipinski definition) is 3. The lowest BCUT2D eigenvalue weighted by Crippen LogP contribution is -2.37. The minimum absolute atomic E-state index is 0.0535. The Morgan fingerprint density at radius 2 is 1.92 bits per heavy atom. The summed E-state index contributed by atoms with van der Waals surface area (Å²) in [4.78, 5) is 29.1. The maximum absolute atomic E-state index is 12.0. The monoisotopic (exact) mass is 343 g/mol. The fourth-order valence-electron chi connectivity index (χ4n) is 3.40. The molecule has 1 aromatic carbocycles. The highest BCUT2D eigenvalue weighted by molar-refractivity contribution is 5.96. The van der Waals surface area contributed by atoms with Gasteiger partial charge in [-0.3, -0.25) is 14.5 Å². The molecule has 2 aromatic rings. The summed E-state index contributed by atoms with van der Waals surface area (Å²) in [5.74, 6) is -0.997. The standard InChI is InChI=1S/C19H25N3O3/c1-12(2)18(23)21-13-6-7-16-14(10-13)15(11-20-16)17(19(24)25)22-8-4-3-5-9-22/h6-7,10-12,17,20H,3-5,8-9H2,1-2H3,(H,21,23)(H,24,25). The van der Waals surface area contributed by atoms with E-state index in [1.165, 1.54) is 0 Å². The first-order chi connectivity index (χ1) is 12.0. The lowest BCUT2D eigenvalue weighted by Gasteiger charge is -2.31. The molecule has 1 atom stereocenters. The highest BCUT2D eigenvalue weighted by Gasteiger charge is 2.30. The van der Waals surface area contributed by atoms with Crippen molar-refractivity contribution in [3.8, 4) is 0 Å². The average molecular weight is 343 g/mol. The second-order valence-electron chi connectivity index (χ2n) is 6.99. The zero-order valence-electron chi connectivity index (χ0n) is 14.7. The van der Waals surface area contributed by atoms with E-state index in [4.69, 9.17) is 0 Å². The van der Waals surface area contributed by atoms with E-state index >= 15 is 0 Å². The Hall–Kier alpha value is -2.34. The first-order valence-corrected chi connectivity index (χ1v) is 8.86. The molecule has 0 bridgehead atoms. The van der Waals surface area contributed by atoms with Crippen molar-refractivity contribution in [3.05, 3.63) is 30.0 Å². The topological polar surface area (TPSA) is 85.4 Å². The number of H-pyrrole nitrogens is 1. The van der Waals surface area contributed by atoms with Gasteiger partial charge >= 0.3 is 5.97 Å². The number of hydrogen-bond donors (Lipinski definition) is 3. The van der Waals surface area contributed by atoms with Crippen molar-refractivity contribution in [1.82, 2.24) is 9.88 Å². The Labute approximate surface area is 147 Å². The SMILES string of the molecule is CC(C)C(=O)Nc1ccc2[nH]cc(C(C(=O)O)N3CCCCC3)c2c1. The van der Waals surface area contributed by atoms with Gasteiger partial charge in [0.1, 0.15) is 6.04 Å². The largest absolute Gasteiger partial charge is 0.480 e. The van der Waals surface area contributed by atoms with Crippen LogP contribution in [0.2, 0.25) is 0 Å². The van der Waals surface area contributed by atoms with E-state index in [2.05, 4.69) is 10.3 Å². The van der Waals surface area contributed by atoms with Crippen molar-refractivity contribution >= 4 is 28.5 Å². The molecule has 0 saturated carbocycles. The van der Waals surface area contributed by atoms with E-state index in [-0.39, 0.29) is 11.8 Å².